The summed E-state index contributed by atoms with van der Waals surface area (Å²) >= 11 is 0. The number of H-pyrrole nitrogens is 1. The number of anilines is 1. The van der Waals surface area contributed by atoms with E-state index in [1.807, 2.05) is 9.80 Å². The molecule has 3 heterocycles. The molecule has 1 N–H and O–H groups in total. The minimum Gasteiger partial charge on any atom is -0.348 e. The van der Waals surface area contributed by atoms with Crippen molar-refractivity contribution >= 4 is 11.7 Å². The van der Waals surface area contributed by atoms with Crippen molar-refractivity contribution in [2.24, 2.45) is 0 Å². The first-order valence-electron chi connectivity index (χ1n) is 8.42. The zero-order valence-corrected chi connectivity index (χ0v) is 13.7. The number of amides is 1. The van der Waals surface area contributed by atoms with Crippen LogP contribution < -0.4 is 10.5 Å². The van der Waals surface area contributed by atoms with Crippen molar-refractivity contribution in [3.05, 3.63) is 22.7 Å². The monoisotopic (exact) mass is 319 g/mol. The third-order valence-corrected chi connectivity index (χ3v) is 4.95. The molecule has 0 saturated carbocycles. The molecule has 0 aromatic carbocycles. The highest BCUT2D eigenvalue weighted by atomic mass is 16.2. The fourth-order valence-corrected chi connectivity index (χ4v) is 3.47. The maximum atomic E-state index is 12.5. The summed E-state index contributed by atoms with van der Waals surface area (Å²) in [5.74, 6) is 0.685. The lowest BCUT2D eigenvalue weighted by atomic mass is 9.99. The van der Waals surface area contributed by atoms with Crippen molar-refractivity contribution < 1.29 is 4.79 Å². The van der Waals surface area contributed by atoms with Crippen LogP contribution in [0.15, 0.2) is 17.2 Å². The van der Waals surface area contributed by atoms with Crippen LogP contribution >= 0.6 is 0 Å². The van der Waals surface area contributed by atoms with Gasteiger partial charge in [0.15, 0.2) is 5.82 Å². The number of piperazine rings is 1. The number of aromatic nitrogens is 2. The van der Waals surface area contributed by atoms with Crippen LogP contribution in [-0.2, 0) is 4.79 Å². The Hall–Kier alpha value is -1.89. The van der Waals surface area contributed by atoms with Crippen LogP contribution in [0.3, 0.4) is 0 Å². The van der Waals surface area contributed by atoms with Gasteiger partial charge in [-0.15, -0.1) is 0 Å². The highest BCUT2D eigenvalue weighted by Crippen LogP contribution is 2.19. The standard InChI is InChI=1S/C16H25N5O2/c1-19-7-3-2-4-13(19)12-14(22)20-8-10-21(11-9-20)15-16(23)18-6-5-17-15/h5-6,13H,2-4,7-12H2,1H3,(H,18,23)/t13-/m1/s1. The van der Waals surface area contributed by atoms with Crippen LogP contribution in [0.25, 0.3) is 0 Å². The summed E-state index contributed by atoms with van der Waals surface area (Å²) in [5.41, 5.74) is -0.170. The number of carbonyl (C=O) groups excluding carboxylic acids is 1. The second kappa shape index (κ2) is 7.12. The highest BCUT2D eigenvalue weighted by molar-refractivity contribution is 5.77. The number of nitrogens with zero attached hydrogens (tertiary/aromatic N) is 4. The van der Waals surface area contributed by atoms with Gasteiger partial charge in [-0.2, -0.15) is 0 Å². The van der Waals surface area contributed by atoms with E-state index in [0.29, 0.717) is 44.5 Å². The summed E-state index contributed by atoms with van der Waals surface area (Å²) in [6.07, 6.45) is 7.31. The largest absolute Gasteiger partial charge is 0.348 e. The van der Waals surface area contributed by atoms with Gasteiger partial charge in [0, 0.05) is 51.0 Å². The molecule has 0 radical (unpaired) electrons. The average molecular weight is 319 g/mol. The van der Waals surface area contributed by atoms with Gasteiger partial charge < -0.3 is 19.7 Å². The molecule has 0 aliphatic carbocycles. The van der Waals surface area contributed by atoms with E-state index in [9.17, 15) is 9.59 Å². The Kier molecular flexibility index (Phi) is 4.95. The zero-order chi connectivity index (χ0) is 16.2. The van der Waals surface area contributed by atoms with Crippen molar-refractivity contribution in [2.75, 3.05) is 44.7 Å². The number of hydrogen-bond acceptors (Lipinski definition) is 5. The van der Waals surface area contributed by atoms with Gasteiger partial charge in [-0.05, 0) is 26.4 Å². The molecule has 23 heavy (non-hydrogen) atoms. The Labute approximate surface area is 136 Å². The van der Waals surface area contributed by atoms with Gasteiger partial charge in [-0.3, -0.25) is 9.59 Å². The molecular formula is C16H25N5O2. The molecule has 3 rings (SSSR count). The van der Waals surface area contributed by atoms with Crippen molar-refractivity contribution in [2.45, 2.75) is 31.7 Å². The fourth-order valence-electron chi connectivity index (χ4n) is 3.47. The number of rotatable bonds is 3. The first kappa shape index (κ1) is 16.0. The number of hydrogen-bond donors (Lipinski definition) is 1. The first-order chi connectivity index (χ1) is 11.1. The zero-order valence-electron chi connectivity index (χ0n) is 13.7. The van der Waals surface area contributed by atoms with Gasteiger partial charge in [0.25, 0.3) is 5.56 Å². The SMILES string of the molecule is CN1CCCC[C@@H]1CC(=O)N1CCN(c2ncc[nH]c2=O)CC1. The van der Waals surface area contributed by atoms with E-state index in [2.05, 4.69) is 21.9 Å². The molecule has 2 aliphatic rings. The molecule has 2 fully saturated rings. The molecule has 126 valence electrons. The van der Waals surface area contributed by atoms with Crippen LogP contribution in [0.1, 0.15) is 25.7 Å². The number of carbonyl (C=O) groups is 1. The Bertz CT molecular complexity index is 594. The number of likely N-dealkylation sites (tertiary alicyclic amines) is 1. The Morgan fingerprint density at radius 1 is 1.26 bits per heavy atom. The topological polar surface area (TPSA) is 72.5 Å². The normalized spacial score (nSPS) is 23.1. The minimum absolute atomic E-state index is 0.170. The van der Waals surface area contributed by atoms with E-state index >= 15 is 0 Å². The Balaban J connectivity index is 1.53. The second-order valence-electron chi connectivity index (χ2n) is 6.44. The number of piperidine rings is 1. The molecule has 7 nitrogen and oxygen atoms in total. The van der Waals surface area contributed by atoms with E-state index in [4.69, 9.17) is 0 Å². The maximum absolute atomic E-state index is 12.5. The molecule has 1 atom stereocenters. The van der Waals surface area contributed by atoms with Gasteiger partial charge in [0.1, 0.15) is 0 Å². The van der Waals surface area contributed by atoms with Gasteiger partial charge >= 0.3 is 0 Å². The quantitative estimate of drug-likeness (QED) is 0.867. The van der Waals surface area contributed by atoms with E-state index < -0.39 is 0 Å². The predicted octanol–water partition coefficient (Wildman–Crippen LogP) is 0.293. The Morgan fingerprint density at radius 3 is 2.74 bits per heavy atom. The van der Waals surface area contributed by atoms with Crippen LogP contribution in [-0.4, -0.2) is 71.5 Å². The summed E-state index contributed by atoms with van der Waals surface area (Å²) in [6, 6.07) is 0.382. The summed E-state index contributed by atoms with van der Waals surface area (Å²) in [5, 5.41) is 0. The van der Waals surface area contributed by atoms with E-state index in [1.165, 1.54) is 19.0 Å². The third kappa shape index (κ3) is 3.72. The molecule has 0 unspecified atom stereocenters. The van der Waals surface area contributed by atoms with Gasteiger partial charge in [-0.25, -0.2) is 4.98 Å². The lowest BCUT2D eigenvalue weighted by Crippen LogP contribution is -2.51. The van der Waals surface area contributed by atoms with Gasteiger partial charge in [0.2, 0.25) is 5.91 Å². The van der Waals surface area contributed by atoms with E-state index in [1.54, 1.807) is 6.20 Å². The van der Waals surface area contributed by atoms with E-state index in [-0.39, 0.29) is 11.5 Å². The van der Waals surface area contributed by atoms with Gasteiger partial charge in [-0.1, -0.05) is 6.42 Å². The van der Waals surface area contributed by atoms with Crippen LogP contribution in [0, 0.1) is 0 Å². The summed E-state index contributed by atoms with van der Waals surface area (Å²) < 4.78 is 0. The number of nitrogens with one attached hydrogen (secondary N) is 1. The molecule has 0 bridgehead atoms. The smallest absolute Gasteiger partial charge is 0.290 e. The van der Waals surface area contributed by atoms with Crippen molar-refractivity contribution in [1.82, 2.24) is 19.8 Å². The summed E-state index contributed by atoms with van der Waals surface area (Å²) in [7, 11) is 2.11. The number of aromatic amines is 1. The molecule has 0 spiro atoms. The maximum Gasteiger partial charge on any atom is 0.290 e. The van der Waals surface area contributed by atoms with E-state index in [0.717, 1.165) is 13.0 Å². The minimum atomic E-state index is -0.170. The molecule has 7 heteroatoms. The van der Waals surface area contributed by atoms with Crippen molar-refractivity contribution in [3.63, 3.8) is 0 Å². The molecule has 1 aromatic heterocycles. The lowest BCUT2D eigenvalue weighted by molar-refractivity contribution is -0.133. The van der Waals surface area contributed by atoms with Gasteiger partial charge in [0.05, 0.1) is 0 Å². The molecular weight excluding hydrogens is 294 g/mol. The molecule has 1 aromatic rings. The van der Waals surface area contributed by atoms with Crippen molar-refractivity contribution in [3.8, 4) is 0 Å². The Morgan fingerprint density at radius 2 is 2.04 bits per heavy atom. The first-order valence-corrected chi connectivity index (χ1v) is 8.42. The molecule has 1 amide bonds. The summed E-state index contributed by atoms with van der Waals surface area (Å²) in [4.78, 5) is 37.3. The third-order valence-electron chi connectivity index (χ3n) is 4.95. The van der Waals surface area contributed by atoms with Crippen LogP contribution in [0.4, 0.5) is 5.82 Å². The fraction of sp³-hybridized carbons (Fsp3) is 0.688. The highest BCUT2D eigenvalue weighted by Gasteiger charge is 2.27. The van der Waals surface area contributed by atoms with Crippen LogP contribution in [0.5, 0.6) is 0 Å². The average Bonchev–Trinajstić information content (AvgIpc) is 2.57. The predicted molar refractivity (Wildman–Crippen MR) is 88.5 cm³/mol. The molecule has 2 saturated heterocycles. The van der Waals surface area contributed by atoms with Crippen LogP contribution in [0.2, 0.25) is 0 Å². The second-order valence-corrected chi connectivity index (χ2v) is 6.44. The molecule has 2 aliphatic heterocycles. The van der Waals surface area contributed by atoms with Crippen molar-refractivity contribution in [1.29, 1.82) is 0 Å². The lowest BCUT2D eigenvalue weighted by Gasteiger charge is -2.37. The summed E-state index contributed by atoms with van der Waals surface area (Å²) in [6.45, 7) is 3.73.